The Hall–Kier alpha value is -2.73. The normalized spacial score (nSPS) is 15.0. The lowest BCUT2D eigenvalue weighted by atomic mass is 10.2. The van der Waals surface area contributed by atoms with Crippen LogP contribution < -0.4 is 4.74 Å². The first-order valence-corrected chi connectivity index (χ1v) is 11.0. The van der Waals surface area contributed by atoms with E-state index in [4.69, 9.17) is 27.9 Å². The maximum absolute atomic E-state index is 12.8. The number of imide groups is 1. The lowest BCUT2D eigenvalue weighted by Crippen LogP contribution is -2.27. The van der Waals surface area contributed by atoms with Gasteiger partial charge in [0.2, 0.25) is 0 Å². The van der Waals surface area contributed by atoms with Crippen LogP contribution in [0.15, 0.2) is 77.7 Å². The molecule has 0 saturated carbocycles. The fourth-order valence-electron chi connectivity index (χ4n) is 3.04. The van der Waals surface area contributed by atoms with Crippen molar-refractivity contribution in [1.29, 1.82) is 0 Å². The van der Waals surface area contributed by atoms with Crippen molar-refractivity contribution in [1.82, 2.24) is 4.90 Å². The number of ether oxygens (including phenoxy) is 1. The van der Waals surface area contributed by atoms with E-state index in [2.05, 4.69) is 0 Å². The van der Waals surface area contributed by atoms with E-state index in [0.717, 1.165) is 28.5 Å². The van der Waals surface area contributed by atoms with Gasteiger partial charge in [-0.05, 0) is 58.8 Å². The summed E-state index contributed by atoms with van der Waals surface area (Å²) in [7, 11) is 0. The molecule has 0 unspecified atom stereocenters. The fraction of sp³-hybridized carbons (Fsp3) is 0.0833. The van der Waals surface area contributed by atoms with Gasteiger partial charge in [0.05, 0.1) is 21.5 Å². The van der Waals surface area contributed by atoms with E-state index in [1.54, 1.807) is 24.3 Å². The molecule has 0 atom stereocenters. The second-order valence-corrected chi connectivity index (χ2v) is 8.67. The number of hydrogen-bond acceptors (Lipinski definition) is 4. The van der Waals surface area contributed by atoms with Crippen molar-refractivity contribution in [2.45, 2.75) is 13.2 Å². The predicted octanol–water partition coefficient (Wildman–Crippen LogP) is 6.81. The first kappa shape index (κ1) is 21.5. The molecule has 0 aromatic heterocycles. The van der Waals surface area contributed by atoms with Crippen molar-refractivity contribution in [3.63, 3.8) is 0 Å². The molecule has 0 aliphatic carbocycles. The summed E-state index contributed by atoms with van der Waals surface area (Å²) in [4.78, 5) is 26.8. The molecule has 156 valence electrons. The van der Waals surface area contributed by atoms with Gasteiger partial charge >= 0.3 is 0 Å². The molecular weight excluding hydrogens is 453 g/mol. The van der Waals surface area contributed by atoms with Crippen LogP contribution in [0.1, 0.15) is 16.7 Å². The van der Waals surface area contributed by atoms with Crippen LogP contribution in [0.5, 0.6) is 5.75 Å². The molecule has 0 N–H and O–H groups in total. The van der Waals surface area contributed by atoms with Crippen molar-refractivity contribution >= 4 is 52.2 Å². The summed E-state index contributed by atoms with van der Waals surface area (Å²) in [5, 5.41) is 0.488. The van der Waals surface area contributed by atoms with Crippen LogP contribution in [0.4, 0.5) is 4.79 Å². The average Bonchev–Trinajstić information content (AvgIpc) is 3.03. The molecule has 31 heavy (non-hydrogen) atoms. The van der Waals surface area contributed by atoms with Crippen LogP contribution in [-0.4, -0.2) is 16.0 Å². The van der Waals surface area contributed by atoms with E-state index < -0.39 is 0 Å². The number of carbonyl (C=O) groups is 2. The van der Waals surface area contributed by atoms with Crippen LogP contribution in [0, 0.1) is 0 Å². The summed E-state index contributed by atoms with van der Waals surface area (Å²) >= 11 is 12.9. The van der Waals surface area contributed by atoms with Crippen LogP contribution in [0.2, 0.25) is 10.0 Å². The molecule has 0 radical (unpaired) electrons. The molecule has 3 aromatic carbocycles. The van der Waals surface area contributed by atoms with Gasteiger partial charge in [0.15, 0.2) is 0 Å². The molecule has 2 amide bonds. The molecule has 1 aliphatic heterocycles. The molecule has 1 saturated heterocycles. The summed E-state index contributed by atoms with van der Waals surface area (Å²) < 4.78 is 5.84. The average molecular weight is 470 g/mol. The van der Waals surface area contributed by atoms with E-state index >= 15 is 0 Å². The largest absolute Gasteiger partial charge is 0.489 e. The highest BCUT2D eigenvalue weighted by atomic mass is 35.5. The molecule has 0 spiro atoms. The third-order valence-electron chi connectivity index (χ3n) is 4.60. The van der Waals surface area contributed by atoms with E-state index in [1.165, 1.54) is 4.90 Å². The van der Waals surface area contributed by atoms with Crippen LogP contribution >= 0.6 is 35.0 Å². The number of nitrogens with zero attached hydrogens (tertiary/aromatic N) is 1. The molecule has 3 aromatic rings. The Kier molecular flexibility index (Phi) is 6.66. The van der Waals surface area contributed by atoms with Crippen molar-refractivity contribution in [2.75, 3.05) is 0 Å². The number of hydrogen-bond donors (Lipinski definition) is 0. The lowest BCUT2D eigenvalue weighted by Gasteiger charge is -2.13. The van der Waals surface area contributed by atoms with E-state index in [9.17, 15) is 9.59 Å². The summed E-state index contributed by atoms with van der Waals surface area (Å²) in [6, 6.07) is 22.3. The van der Waals surface area contributed by atoms with E-state index in [-0.39, 0.29) is 17.7 Å². The molecular formula is C24H17Cl2NO3S. The Morgan fingerprint density at radius 2 is 1.68 bits per heavy atom. The zero-order chi connectivity index (χ0) is 21.8. The predicted molar refractivity (Wildman–Crippen MR) is 125 cm³/mol. The number of halogens is 2. The fourth-order valence-corrected chi connectivity index (χ4v) is 4.20. The minimum Gasteiger partial charge on any atom is -0.489 e. The minimum absolute atomic E-state index is 0.138. The highest BCUT2D eigenvalue weighted by molar-refractivity contribution is 8.18. The van der Waals surface area contributed by atoms with Gasteiger partial charge in [-0.3, -0.25) is 14.5 Å². The Bertz CT molecular complexity index is 1160. The number of rotatable bonds is 6. The van der Waals surface area contributed by atoms with Gasteiger partial charge in [-0.1, -0.05) is 71.7 Å². The molecule has 4 rings (SSSR count). The second kappa shape index (κ2) is 9.60. The smallest absolute Gasteiger partial charge is 0.293 e. The maximum Gasteiger partial charge on any atom is 0.293 e. The number of carbonyl (C=O) groups excluding carboxylic acids is 2. The van der Waals surface area contributed by atoms with Gasteiger partial charge in [0.25, 0.3) is 11.1 Å². The van der Waals surface area contributed by atoms with Gasteiger partial charge < -0.3 is 4.74 Å². The van der Waals surface area contributed by atoms with Crippen LogP contribution in [-0.2, 0) is 17.9 Å². The van der Waals surface area contributed by atoms with Gasteiger partial charge in [0, 0.05) is 0 Å². The monoisotopic (exact) mass is 469 g/mol. The molecule has 4 nitrogen and oxygen atoms in total. The number of amides is 2. The van der Waals surface area contributed by atoms with Crippen LogP contribution in [0.25, 0.3) is 6.08 Å². The molecule has 7 heteroatoms. The van der Waals surface area contributed by atoms with Crippen molar-refractivity contribution in [3.8, 4) is 5.75 Å². The first-order valence-electron chi connectivity index (χ1n) is 9.46. The summed E-state index contributed by atoms with van der Waals surface area (Å²) in [5.74, 6) is 0.351. The Morgan fingerprint density at radius 1 is 0.871 bits per heavy atom. The zero-order valence-corrected chi connectivity index (χ0v) is 18.6. The number of thioether (sulfide) groups is 1. The minimum atomic E-state index is -0.336. The molecule has 1 heterocycles. The zero-order valence-electron chi connectivity index (χ0n) is 16.3. The third-order valence-corrected chi connectivity index (χ3v) is 6.25. The van der Waals surface area contributed by atoms with Crippen LogP contribution in [0.3, 0.4) is 0 Å². The molecule has 1 fully saturated rings. The van der Waals surface area contributed by atoms with E-state index in [0.29, 0.717) is 27.3 Å². The van der Waals surface area contributed by atoms with Gasteiger partial charge in [0.1, 0.15) is 12.4 Å². The SMILES string of the molecule is O=C1S/C(=C\c2cccc(OCc3ccccc3)c2)C(=O)N1Cc1ccc(Cl)c(Cl)c1. The quantitative estimate of drug-likeness (QED) is 0.372. The van der Waals surface area contributed by atoms with Gasteiger partial charge in [-0.15, -0.1) is 0 Å². The van der Waals surface area contributed by atoms with E-state index in [1.807, 2.05) is 54.6 Å². The standard InChI is InChI=1S/C24H17Cl2NO3S/c25-20-10-9-18(12-21(20)26)14-27-23(28)22(31-24(27)29)13-17-7-4-8-19(11-17)30-15-16-5-2-1-3-6-16/h1-13H,14-15H2/b22-13-. The summed E-state index contributed by atoms with van der Waals surface area (Å²) in [6.45, 7) is 0.587. The topological polar surface area (TPSA) is 46.6 Å². The summed E-state index contributed by atoms with van der Waals surface area (Å²) in [5.41, 5.74) is 2.58. The van der Waals surface area contributed by atoms with Gasteiger partial charge in [-0.25, -0.2) is 0 Å². The molecule has 0 bridgehead atoms. The second-order valence-electron chi connectivity index (χ2n) is 6.86. The van der Waals surface area contributed by atoms with Gasteiger partial charge in [-0.2, -0.15) is 0 Å². The highest BCUT2D eigenvalue weighted by Crippen LogP contribution is 2.34. The Labute approximate surface area is 194 Å². The van der Waals surface area contributed by atoms with Crippen molar-refractivity contribution in [2.24, 2.45) is 0 Å². The van der Waals surface area contributed by atoms with Crippen molar-refractivity contribution in [3.05, 3.63) is 104 Å². The Morgan fingerprint density at radius 3 is 2.45 bits per heavy atom. The Balaban J connectivity index is 1.46. The number of benzene rings is 3. The first-order chi connectivity index (χ1) is 15.0. The maximum atomic E-state index is 12.8. The molecule has 1 aliphatic rings. The highest BCUT2D eigenvalue weighted by Gasteiger charge is 2.35. The lowest BCUT2D eigenvalue weighted by molar-refractivity contribution is -0.123. The summed E-state index contributed by atoms with van der Waals surface area (Å²) in [6.07, 6.45) is 1.70. The van der Waals surface area contributed by atoms with Crippen molar-refractivity contribution < 1.29 is 14.3 Å². The third kappa shape index (κ3) is 5.31.